The molecule has 0 unspecified atom stereocenters. The van der Waals surface area contributed by atoms with E-state index in [4.69, 9.17) is 0 Å². The van der Waals surface area contributed by atoms with Gasteiger partial charge in [0.25, 0.3) is 0 Å². The molecule has 0 aliphatic carbocycles. The predicted octanol–water partition coefficient (Wildman–Crippen LogP) is 3.31. The minimum Gasteiger partial charge on any atom is -0.342 e. The zero-order valence-electron chi connectivity index (χ0n) is 14.2. The third-order valence-electron chi connectivity index (χ3n) is 4.24. The first-order valence-corrected chi connectivity index (χ1v) is 9.27. The predicted molar refractivity (Wildman–Crippen MR) is 96.7 cm³/mol. The van der Waals surface area contributed by atoms with E-state index in [0.29, 0.717) is 11.7 Å². The van der Waals surface area contributed by atoms with Gasteiger partial charge in [-0.05, 0) is 44.7 Å². The monoisotopic (exact) mass is 334 g/mol. The number of piperidine rings is 1. The number of benzene rings is 1. The molecule has 2 rings (SSSR count). The zero-order chi connectivity index (χ0) is 16.8. The van der Waals surface area contributed by atoms with Crippen LogP contribution in [0.25, 0.3) is 0 Å². The number of anilines is 1. The van der Waals surface area contributed by atoms with Crippen LogP contribution in [-0.4, -0.2) is 40.8 Å². The lowest BCUT2D eigenvalue weighted by atomic mass is 9.99. The van der Waals surface area contributed by atoms with Gasteiger partial charge in [0.15, 0.2) is 0 Å². The lowest BCUT2D eigenvalue weighted by Crippen LogP contribution is -2.42. The minimum atomic E-state index is -0.174. The lowest BCUT2D eigenvalue weighted by Gasteiger charge is -2.32. The molecule has 1 aromatic rings. The van der Waals surface area contributed by atoms with Crippen LogP contribution < -0.4 is 5.32 Å². The van der Waals surface area contributed by atoms with Gasteiger partial charge in [-0.1, -0.05) is 24.6 Å². The average molecular weight is 334 g/mol. The fourth-order valence-electron chi connectivity index (χ4n) is 2.59. The maximum Gasteiger partial charge on any atom is 0.235 e. The van der Waals surface area contributed by atoms with E-state index in [1.54, 1.807) is 0 Å². The Kier molecular flexibility index (Phi) is 6.51. The average Bonchev–Trinajstić information content (AvgIpc) is 2.55. The summed E-state index contributed by atoms with van der Waals surface area (Å²) in [6.45, 7) is 7.83. The number of carbonyl (C=O) groups excluding carboxylic acids is 2. The molecule has 126 valence electrons. The van der Waals surface area contributed by atoms with Gasteiger partial charge in [0.2, 0.25) is 11.8 Å². The van der Waals surface area contributed by atoms with Gasteiger partial charge >= 0.3 is 0 Å². The first-order chi connectivity index (χ1) is 11.0. The second-order valence-electron chi connectivity index (χ2n) is 6.38. The third-order valence-corrected chi connectivity index (χ3v) is 5.37. The maximum atomic E-state index is 12.4. The van der Waals surface area contributed by atoms with E-state index in [-0.39, 0.29) is 17.1 Å². The summed E-state index contributed by atoms with van der Waals surface area (Å²) in [6, 6.07) is 7.71. The molecule has 2 amide bonds. The van der Waals surface area contributed by atoms with Gasteiger partial charge in [-0.25, -0.2) is 0 Å². The highest BCUT2D eigenvalue weighted by atomic mass is 32.2. The molecule has 1 aliphatic heterocycles. The SMILES string of the molecule is Cc1ccc(NC(=O)CS[C@H](C)C(=O)N2CCC(C)CC2)cc1. The van der Waals surface area contributed by atoms with E-state index in [9.17, 15) is 9.59 Å². The van der Waals surface area contributed by atoms with Gasteiger partial charge < -0.3 is 10.2 Å². The van der Waals surface area contributed by atoms with Gasteiger partial charge in [-0.3, -0.25) is 9.59 Å². The largest absolute Gasteiger partial charge is 0.342 e. The standard InChI is InChI=1S/C18H26N2O2S/c1-13-4-6-16(7-5-13)19-17(21)12-23-15(3)18(22)20-10-8-14(2)9-11-20/h4-7,14-15H,8-12H2,1-3H3,(H,19,21)/t15-/m1/s1. The van der Waals surface area contributed by atoms with Crippen LogP contribution in [0.3, 0.4) is 0 Å². The van der Waals surface area contributed by atoms with Gasteiger partial charge in [0.1, 0.15) is 0 Å². The minimum absolute atomic E-state index is 0.0641. The van der Waals surface area contributed by atoms with E-state index in [1.165, 1.54) is 11.8 Å². The molecule has 1 heterocycles. The molecule has 1 saturated heterocycles. The van der Waals surface area contributed by atoms with Gasteiger partial charge in [-0.15, -0.1) is 11.8 Å². The van der Waals surface area contributed by atoms with Gasteiger partial charge in [-0.2, -0.15) is 0 Å². The summed E-state index contributed by atoms with van der Waals surface area (Å²) in [4.78, 5) is 26.3. The quantitative estimate of drug-likeness (QED) is 0.899. The van der Waals surface area contributed by atoms with Crippen LogP contribution in [0.4, 0.5) is 5.69 Å². The van der Waals surface area contributed by atoms with Crippen molar-refractivity contribution >= 4 is 29.3 Å². The zero-order valence-corrected chi connectivity index (χ0v) is 15.0. The van der Waals surface area contributed by atoms with Crippen LogP contribution in [0, 0.1) is 12.8 Å². The number of rotatable bonds is 5. The van der Waals surface area contributed by atoms with Crippen molar-refractivity contribution in [1.82, 2.24) is 4.90 Å². The Bertz CT molecular complexity index is 536. The van der Waals surface area contributed by atoms with Crippen molar-refractivity contribution in [3.05, 3.63) is 29.8 Å². The van der Waals surface area contributed by atoms with Crippen LogP contribution in [0.15, 0.2) is 24.3 Å². The molecular weight excluding hydrogens is 308 g/mol. The summed E-state index contributed by atoms with van der Waals surface area (Å²) in [6.07, 6.45) is 2.16. The maximum absolute atomic E-state index is 12.4. The second-order valence-corrected chi connectivity index (χ2v) is 7.70. The first kappa shape index (κ1) is 17.9. The Morgan fingerprint density at radius 2 is 1.87 bits per heavy atom. The highest BCUT2D eigenvalue weighted by Crippen LogP contribution is 2.20. The number of hydrogen-bond donors (Lipinski definition) is 1. The molecule has 0 spiro atoms. The lowest BCUT2D eigenvalue weighted by molar-refractivity contribution is -0.131. The van der Waals surface area contributed by atoms with Crippen LogP contribution >= 0.6 is 11.8 Å². The molecule has 5 heteroatoms. The molecule has 23 heavy (non-hydrogen) atoms. The molecule has 1 atom stereocenters. The number of thioether (sulfide) groups is 1. The van der Waals surface area contributed by atoms with Crippen LogP contribution in [-0.2, 0) is 9.59 Å². The summed E-state index contributed by atoms with van der Waals surface area (Å²) in [7, 11) is 0. The molecule has 1 aliphatic rings. The van der Waals surface area contributed by atoms with Gasteiger partial charge in [0.05, 0.1) is 11.0 Å². The Labute approximate surface area is 143 Å². The van der Waals surface area contributed by atoms with Gasteiger partial charge in [0, 0.05) is 18.8 Å². The summed E-state index contributed by atoms with van der Waals surface area (Å²) in [5, 5.41) is 2.69. The number of nitrogens with one attached hydrogen (secondary N) is 1. The fraction of sp³-hybridized carbons (Fsp3) is 0.556. The van der Waals surface area contributed by atoms with Crippen LogP contribution in [0.1, 0.15) is 32.3 Å². The molecule has 0 radical (unpaired) electrons. The number of carbonyl (C=O) groups is 2. The highest BCUT2D eigenvalue weighted by Gasteiger charge is 2.25. The van der Waals surface area contributed by atoms with E-state index in [2.05, 4.69) is 12.2 Å². The van der Waals surface area contributed by atoms with Crippen molar-refractivity contribution in [1.29, 1.82) is 0 Å². The second kappa shape index (κ2) is 8.39. The van der Waals surface area contributed by atoms with E-state index in [1.807, 2.05) is 43.0 Å². The van der Waals surface area contributed by atoms with Crippen molar-refractivity contribution in [2.75, 3.05) is 24.2 Å². The molecule has 1 aromatic carbocycles. The van der Waals surface area contributed by atoms with Crippen molar-refractivity contribution in [3.8, 4) is 0 Å². The first-order valence-electron chi connectivity index (χ1n) is 8.22. The van der Waals surface area contributed by atoms with Crippen LogP contribution in [0.5, 0.6) is 0 Å². The normalized spacial score (nSPS) is 16.9. The third kappa shape index (κ3) is 5.57. The summed E-state index contributed by atoms with van der Waals surface area (Å²) < 4.78 is 0. The number of hydrogen-bond acceptors (Lipinski definition) is 3. The number of nitrogens with zero attached hydrogens (tertiary/aromatic N) is 1. The summed E-state index contributed by atoms with van der Waals surface area (Å²) in [5.74, 6) is 1.10. The number of amides is 2. The Balaban J connectivity index is 1.74. The number of likely N-dealkylation sites (tertiary alicyclic amines) is 1. The fourth-order valence-corrected chi connectivity index (χ4v) is 3.36. The molecule has 1 fully saturated rings. The van der Waals surface area contributed by atoms with E-state index < -0.39 is 0 Å². The molecule has 1 N–H and O–H groups in total. The Hall–Kier alpha value is -1.49. The van der Waals surface area contributed by atoms with Crippen LogP contribution in [0.2, 0.25) is 0 Å². The van der Waals surface area contributed by atoms with Crippen molar-refractivity contribution in [2.24, 2.45) is 5.92 Å². The van der Waals surface area contributed by atoms with E-state index >= 15 is 0 Å². The molecule has 0 aromatic heterocycles. The highest BCUT2D eigenvalue weighted by molar-refractivity contribution is 8.01. The molecule has 4 nitrogen and oxygen atoms in total. The topological polar surface area (TPSA) is 49.4 Å². The molecule has 0 saturated carbocycles. The smallest absolute Gasteiger partial charge is 0.235 e. The van der Waals surface area contributed by atoms with Crippen molar-refractivity contribution < 1.29 is 9.59 Å². The summed E-state index contributed by atoms with van der Waals surface area (Å²) >= 11 is 1.41. The Morgan fingerprint density at radius 1 is 1.26 bits per heavy atom. The summed E-state index contributed by atoms with van der Waals surface area (Å²) in [5.41, 5.74) is 1.96. The van der Waals surface area contributed by atoms with E-state index in [0.717, 1.165) is 37.2 Å². The van der Waals surface area contributed by atoms with Crippen molar-refractivity contribution in [2.45, 2.75) is 38.9 Å². The Morgan fingerprint density at radius 3 is 2.48 bits per heavy atom. The van der Waals surface area contributed by atoms with Crippen molar-refractivity contribution in [3.63, 3.8) is 0 Å². The molecule has 0 bridgehead atoms. The number of aryl methyl sites for hydroxylation is 1. The molecular formula is C18H26N2O2S.